The molecule has 1 spiro atoms. The van der Waals surface area contributed by atoms with Crippen molar-refractivity contribution in [2.75, 3.05) is 20.1 Å². The third-order valence-electron chi connectivity index (χ3n) is 7.63. The number of halogens is 5. The molecule has 220 valence electrons. The molecule has 2 aromatic carbocycles. The van der Waals surface area contributed by atoms with Gasteiger partial charge in [0, 0.05) is 31.7 Å². The molecule has 1 N–H and O–H groups in total. The standard InChI is InChI=1S/C28H29ClF4N4O4/c1-16(2)22(34-23(38)20-14-18(28(31,32)33)7-8-21(20)30)24(39)36-11-9-27(10-12-36)25(40)35(3)26(41)37(27)15-17-5-4-6-19(29)13-17/h4-8,13-14,16,22H,9-12,15H2,1-3H3,(H,34,38). The van der Waals surface area contributed by atoms with Crippen LogP contribution in [0, 0.1) is 11.7 Å². The van der Waals surface area contributed by atoms with E-state index >= 15 is 0 Å². The molecule has 1 atom stereocenters. The number of hydrogen-bond donors (Lipinski definition) is 1. The summed E-state index contributed by atoms with van der Waals surface area (Å²) >= 11 is 6.10. The van der Waals surface area contributed by atoms with Crippen LogP contribution in [0.25, 0.3) is 0 Å². The van der Waals surface area contributed by atoms with Gasteiger partial charge >= 0.3 is 12.2 Å². The van der Waals surface area contributed by atoms with E-state index in [1.54, 1.807) is 38.1 Å². The number of imide groups is 1. The van der Waals surface area contributed by atoms with Crippen LogP contribution >= 0.6 is 11.6 Å². The number of nitrogens with one attached hydrogen (secondary N) is 1. The molecule has 1 unspecified atom stereocenters. The fourth-order valence-corrected chi connectivity index (χ4v) is 5.51. The minimum absolute atomic E-state index is 0.0781. The van der Waals surface area contributed by atoms with E-state index in [-0.39, 0.29) is 38.4 Å². The summed E-state index contributed by atoms with van der Waals surface area (Å²) in [5.74, 6) is -3.71. The van der Waals surface area contributed by atoms with Crippen LogP contribution in [0.5, 0.6) is 0 Å². The predicted octanol–water partition coefficient (Wildman–Crippen LogP) is 4.71. The van der Waals surface area contributed by atoms with Gasteiger partial charge in [0.25, 0.3) is 11.8 Å². The number of piperidine rings is 1. The predicted molar refractivity (Wildman–Crippen MR) is 141 cm³/mol. The molecule has 0 bridgehead atoms. The second-order valence-corrected chi connectivity index (χ2v) is 11.0. The molecule has 0 saturated carbocycles. The third kappa shape index (κ3) is 5.88. The van der Waals surface area contributed by atoms with Crippen LogP contribution in [0.3, 0.4) is 0 Å². The number of hydrogen-bond acceptors (Lipinski definition) is 4. The van der Waals surface area contributed by atoms with Gasteiger partial charge in [-0.25, -0.2) is 9.18 Å². The highest BCUT2D eigenvalue weighted by molar-refractivity contribution is 6.30. The van der Waals surface area contributed by atoms with E-state index < -0.39 is 58.5 Å². The second kappa shape index (κ2) is 11.3. The Morgan fingerprint density at radius 3 is 2.32 bits per heavy atom. The quantitative estimate of drug-likeness (QED) is 0.386. The maximum atomic E-state index is 14.3. The van der Waals surface area contributed by atoms with Gasteiger partial charge in [-0.3, -0.25) is 19.3 Å². The van der Waals surface area contributed by atoms with E-state index in [1.165, 1.54) is 16.8 Å². The molecule has 4 rings (SSSR count). The first kappa shape index (κ1) is 30.3. The number of likely N-dealkylation sites (N-methyl/N-ethyl adjacent to an activating group) is 1. The number of alkyl halides is 3. The number of amides is 5. The van der Waals surface area contributed by atoms with Crippen molar-refractivity contribution in [3.8, 4) is 0 Å². The number of carbonyl (C=O) groups excluding carboxylic acids is 4. The lowest BCUT2D eigenvalue weighted by Crippen LogP contribution is -2.60. The largest absolute Gasteiger partial charge is 0.416 e. The molecule has 2 aliphatic heterocycles. The Morgan fingerprint density at radius 1 is 1.07 bits per heavy atom. The van der Waals surface area contributed by atoms with Gasteiger partial charge in [0.1, 0.15) is 17.4 Å². The summed E-state index contributed by atoms with van der Waals surface area (Å²) in [5, 5.41) is 2.87. The van der Waals surface area contributed by atoms with Crippen molar-refractivity contribution in [3.63, 3.8) is 0 Å². The van der Waals surface area contributed by atoms with Gasteiger partial charge in [0.2, 0.25) is 5.91 Å². The van der Waals surface area contributed by atoms with Crippen LogP contribution in [-0.2, 0) is 22.3 Å². The molecule has 0 radical (unpaired) electrons. The molecule has 2 aromatic rings. The average molecular weight is 597 g/mol. The van der Waals surface area contributed by atoms with E-state index in [4.69, 9.17) is 11.6 Å². The summed E-state index contributed by atoms with van der Waals surface area (Å²) in [6, 6.07) is 6.78. The highest BCUT2D eigenvalue weighted by Crippen LogP contribution is 2.38. The first-order valence-corrected chi connectivity index (χ1v) is 13.3. The number of benzene rings is 2. The Hall–Kier alpha value is -3.67. The molecular weight excluding hydrogens is 568 g/mol. The van der Waals surface area contributed by atoms with E-state index in [0.29, 0.717) is 23.2 Å². The van der Waals surface area contributed by atoms with E-state index in [9.17, 15) is 36.7 Å². The van der Waals surface area contributed by atoms with Crippen molar-refractivity contribution >= 4 is 35.4 Å². The van der Waals surface area contributed by atoms with Crippen molar-refractivity contribution in [1.82, 2.24) is 20.0 Å². The van der Waals surface area contributed by atoms with E-state index in [2.05, 4.69) is 5.32 Å². The number of likely N-dealkylation sites (tertiary alicyclic amines) is 1. The highest BCUT2D eigenvalue weighted by Gasteiger charge is 2.57. The topological polar surface area (TPSA) is 90.0 Å². The van der Waals surface area contributed by atoms with Gasteiger partial charge in [-0.1, -0.05) is 37.6 Å². The lowest BCUT2D eigenvalue weighted by atomic mass is 9.85. The zero-order valence-corrected chi connectivity index (χ0v) is 23.4. The fourth-order valence-electron chi connectivity index (χ4n) is 5.30. The summed E-state index contributed by atoms with van der Waals surface area (Å²) in [5.41, 5.74) is -2.47. The maximum Gasteiger partial charge on any atom is 0.416 e. The minimum Gasteiger partial charge on any atom is -0.341 e. The van der Waals surface area contributed by atoms with Crippen molar-refractivity contribution in [2.45, 2.75) is 51.0 Å². The second-order valence-electron chi connectivity index (χ2n) is 10.6. The monoisotopic (exact) mass is 596 g/mol. The van der Waals surface area contributed by atoms with Gasteiger partial charge in [-0.05, 0) is 54.7 Å². The molecular formula is C28H29ClF4N4O4. The summed E-state index contributed by atoms with van der Waals surface area (Å²) in [4.78, 5) is 56.6. The molecule has 5 amide bonds. The first-order chi connectivity index (χ1) is 19.2. The third-order valence-corrected chi connectivity index (χ3v) is 7.86. The lowest BCUT2D eigenvalue weighted by Gasteiger charge is -2.43. The fraction of sp³-hybridized carbons (Fsp3) is 0.429. The van der Waals surface area contributed by atoms with Crippen molar-refractivity contribution in [3.05, 3.63) is 70.0 Å². The SMILES string of the molecule is CC(C)C(NC(=O)c1cc(C(F)(F)F)ccc1F)C(=O)N1CCC2(CC1)C(=O)N(C)C(=O)N2Cc1cccc(Cl)c1. The summed E-state index contributed by atoms with van der Waals surface area (Å²) < 4.78 is 53.7. The Morgan fingerprint density at radius 2 is 1.73 bits per heavy atom. The van der Waals surface area contributed by atoms with Crippen LogP contribution in [0.15, 0.2) is 42.5 Å². The van der Waals surface area contributed by atoms with Gasteiger partial charge < -0.3 is 15.1 Å². The van der Waals surface area contributed by atoms with Crippen LogP contribution in [0.4, 0.5) is 22.4 Å². The summed E-state index contributed by atoms with van der Waals surface area (Å²) in [7, 11) is 1.40. The van der Waals surface area contributed by atoms with Crippen LogP contribution < -0.4 is 5.32 Å². The molecule has 2 fully saturated rings. The molecule has 2 saturated heterocycles. The number of urea groups is 1. The van der Waals surface area contributed by atoms with Crippen LogP contribution in [-0.4, -0.2) is 70.2 Å². The molecule has 41 heavy (non-hydrogen) atoms. The lowest BCUT2D eigenvalue weighted by molar-refractivity contribution is -0.142. The van der Waals surface area contributed by atoms with Crippen LogP contribution in [0.1, 0.15) is 48.2 Å². The Bertz CT molecular complexity index is 1380. The maximum absolute atomic E-state index is 14.3. The van der Waals surface area contributed by atoms with Gasteiger partial charge in [-0.15, -0.1) is 0 Å². The molecule has 8 nitrogen and oxygen atoms in total. The van der Waals surface area contributed by atoms with E-state index in [1.807, 2.05) is 0 Å². The molecule has 0 aromatic heterocycles. The summed E-state index contributed by atoms with van der Waals surface area (Å²) in [6.07, 6.45) is -4.52. The molecule has 0 aliphatic carbocycles. The van der Waals surface area contributed by atoms with Crippen LogP contribution in [0.2, 0.25) is 5.02 Å². The minimum atomic E-state index is -4.78. The van der Waals surface area contributed by atoms with Gasteiger partial charge in [-0.2, -0.15) is 13.2 Å². The zero-order valence-electron chi connectivity index (χ0n) is 22.6. The van der Waals surface area contributed by atoms with E-state index in [0.717, 1.165) is 10.5 Å². The number of nitrogens with zero attached hydrogens (tertiary/aromatic N) is 3. The molecule has 13 heteroatoms. The van der Waals surface area contributed by atoms with Crippen molar-refractivity contribution < 1.29 is 36.7 Å². The number of rotatable bonds is 6. The zero-order chi connectivity index (χ0) is 30.3. The normalized spacial score (nSPS) is 17.9. The summed E-state index contributed by atoms with van der Waals surface area (Å²) in [6.45, 7) is 3.56. The Kier molecular flexibility index (Phi) is 8.35. The first-order valence-electron chi connectivity index (χ1n) is 13.0. The van der Waals surface area contributed by atoms with Crippen molar-refractivity contribution in [1.29, 1.82) is 0 Å². The average Bonchev–Trinajstić information content (AvgIpc) is 3.07. The smallest absolute Gasteiger partial charge is 0.341 e. The Labute approximate surface area is 239 Å². The van der Waals surface area contributed by atoms with Gasteiger partial charge in [0.05, 0.1) is 11.1 Å². The molecule has 2 heterocycles. The molecule has 2 aliphatic rings. The van der Waals surface area contributed by atoms with Crippen molar-refractivity contribution in [2.24, 2.45) is 5.92 Å². The van der Waals surface area contributed by atoms with Gasteiger partial charge in [0.15, 0.2) is 0 Å². The highest BCUT2D eigenvalue weighted by atomic mass is 35.5. The number of carbonyl (C=O) groups is 4. The Balaban J connectivity index is 1.50.